The first-order chi connectivity index (χ1) is 13.9. The number of carbonyl (C=O) groups is 2. The number of Topliss-reactive ketones (excluding diaryl/α,β-unsaturated/α-hetero) is 1. The molecule has 152 valence electrons. The second-order valence-electron chi connectivity index (χ2n) is 7.33. The molecule has 0 spiro atoms. The van der Waals surface area contributed by atoms with Crippen molar-refractivity contribution >= 4 is 17.4 Å². The molecule has 0 aliphatic carbocycles. The number of likely N-dealkylation sites (tertiary alicyclic amines) is 1. The third-order valence-electron chi connectivity index (χ3n) is 4.87. The molecule has 1 saturated heterocycles. The number of aliphatic hydroxyl groups is 1. The van der Waals surface area contributed by atoms with Crippen LogP contribution >= 0.6 is 0 Å². The van der Waals surface area contributed by atoms with Crippen molar-refractivity contribution in [2.75, 3.05) is 20.8 Å². The monoisotopic (exact) mass is 395 g/mol. The van der Waals surface area contributed by atoms with E-state index in [0.717, 1.165) is 0 Å². The zero-order chi connectivity index (χ0) is 21.1. The van der Waals surface area contributed by atoms with Gasteiger partial charge in [-0.3, -0.25) is 9.59 Å². The highest BCUT2D eigenvalue weighted by atomic mass is 16.5. The predicted octanol–water partition coefficient (Wildman–Crippen LogP) is 3.78. The molecule has 6 heteroatoms. The molecule has 1 aliphatic rings. The van der Waals surface area contributed by atoms with Crippen molar-refractivity contribution in [3.63, 3.8) is 0 Å². The van der Waals surface area contributed by atoms with Crippen LogP contribution in [0.5, 0.6) is 11.5 Å². The van der Waals surface area contributed by atoms with E-state index < -0.39 is 17.7 Å². The lowest BCUT2D eigenvalue weighted by Crippen LogP contribution is -2.33. The maximum absolute atomic E-state index is 12.9. The number of methoxy groups -OCH3 is 2. The highest BCUT2D eigenvalue weighted by Gasteiger charge is 2.46. The first-order valence-corrected chi connectivity index (χ1v) is 9.44. The Kier molecular flexibility index (Phi) is 5.92. The number of ether oxygens (including phenoxy) is 2. The summed E-state index contributed by atoms with van der Waals surface area (Å²) in [5, 5.41) is 10.9. The minimum Gasteiger partial charge on any atom is -0.507 e. The van der Waals surface area contributed by atoms with Gasteiger partial charge in [0, 0.05) is 12.1 Å². The zero-order valence-corrected chi connectivity index (χ0v) is 17.0. The summed E-state index contributed by atoms with van der Waals surface area (Å²) < 4.78 is 10.7. The summed E-state index contributed by atoms with van der Waals surface area (Å²) in [6.07, 6.45) is 0. The van der Waals surface area contributed by atoms with Crippen LogP contribution in [0.15, 0.2) is 54.1 Å². The minimum absolute atomic E-state index is 0.0778. The average Bonchev–Trinajstić information content (AvgIpc) is 2.97. The Morgan fingerprint density at radius 3 is 2.28 bits per heavy atom. The zero-order valence-electron chi connectivity index (χ0n) is 17.0. The second kappa shape index (κ2) is 8.39. The van der Waals surface area contributed by atoms with Crippen LogP contribution in [0.1, 0.15) is 31.0 Å². The predicted molar refractivity (Wildman–Crippen MR) is 110 cm³/mol. The Labute approximate surface area is 170 Å². The van der Waals surface area contributed by atoms with Gasteiger partial charge in [0.2, 0.25) is 0 Å². The van der Waals surface area contributed by atoms with Crippen molar-refractivity contribution in [2.24, 2.45) is 5.92 Å². The molecule has 1 aliphatic heterocycles. The largest absolute Gasteiger partial charge is 0.507 e. The molecule has 0 radical (unpaired) electrons. The number of amides is 1. The smallest absolute Gasteiger partial charge is 0.295 e. The molecule has 1 atom stereocenters. The quantitative estimate of drug-likeness (QED) is 0.458. The molecule has 2 aromatic rings. The van der Waals surface area contributed by atoms with Gasteiger partial charge in [-0.15, -0.1) is 0 Å². The summed E-state index contributed by atoms with van der Waals surface area (Å²) in [5.74, 6) is -0.315. The van der Waals surface area contributed by atoms with Gasteiger partial charge >= 0.3 is 0 Å². The normalized spacial score (nSPS) is 18.4. The van der Waals surface area contributed by atoms with Gasteiger partial charge in [-0.2, -0.15) is 0 Å². The van der Waals surface area contributed by atoms with Gasteiger partial charge in [-0.25, -0.2) is 0 Å². The summed E-state index contributed by atoms with van der Waals surface area (Å²) >= 11 is 0. The van der Waals surface area contributed by atoms with Crippen molar-refractivity contribution in [3.05, 3.63) is 65.2 Å². The van der Waals surface area contributed by atoms with E-state index in [9.17, 15) is 14.7 Å². The Bertz CT molecular complexity index is 949. The van der Waals surface area contributed by atoms with Crippen LogP contribution in [0.3, 0.4) is 0 Å². The number of nitrogens with zero attached hydrogens (tertiary/aromatic N) is 1. The van der Waals surface area contributed by atoms with Crippen LogP contribution in [0.25, 0.3) is 5.76 Å². The molecule has 1 N–H and O–H groups in total. The summed E-state index contributed by atoms with van der Waals surface area (Å²) in [6.45, 7) is 4.33. The van der Waals surface area contributed by atoms with E-state index >= 15 is 0 Å². The summed E-state index contributed by atoms with van der Waals surface area (Å²) in [4.78, 5) is 27.2. The number of rotatable bonds is 6. The molecule has 3 rings (SSSR count). The Balaban J connectivity index is 2.21. The van der Waals surface area contributed by atoms with Gasteiger partial charge in [-0.05, 0) is 23.6 Å². The number of benzene rings is 2. The molecule has 1 fully saturated rings. The van der Waals surface area contributed by atoms with Gasteiger partial charge in [0.05, 0.1) is 25.8 Å². The first-order valence-electron chi connectivity index (χ1n) is 9.44. The highest BCUT2D eigenvalue weighted by Crippen LogP contribution is 2.42. The van der Waals surface area contributed by atoms with Crippen molar-refractivity contribution in [1.29, 1.82) is 0 Å². The van der Waals surface area contributed by atoms with Crippen LogP contribution in [0, 0.1) is 5.92 Å². The van der Waals surface area contributed by atoms with E-state index in [0.29, 0.717) is 29.2 Å². The van der Waals surface area contributed by atoms with Gasteiger partial charge < -0.3 is 19.5 Å². The fourth-order valence-electron chi connectivity index (χ4n) is 3.58. The lowest BCUT2D eigenvalue weighted by molar-refractivity contribution is -0.140. The Hall–Kier alpha value is -3.28. The van der Waals surface area contributed by atoms with Crippen molar-refractivity contribution in [3.8, 4) is 11.5 Å². The molecule has 0 saturated carbocycles. The lowest BCUT2D eigenvalue weighted by atomic mass is 9.94. The fraction of sp³-hybridized carbons (Fsp3) is 0.304. The van der Waals surface area contributed by atoms with Crippen molar-refractivity contribution in [2.45, 2.75) is 19.9 Å². The van der Waals surface area contributed by atoms with Crippen LogP contribution in [-0.4, -0.2) is 42.5 Å². The summed E-state index contributed by atoms with van der Waals surface area (Å²) in [5.41, 5.74) is 1.23. The van der Waals surface area contributed by atoms with Crippen LogP contribution in [0.4, 0.5) is 0 Å². The number of ketones is 1. The second-order valence-corrected chi connectivity index (χ2v) is 7.33. The van der Waals surface area contributed by atoms with E-state index in [1.165, 1.54) is 19.1 Å². The summed E-state index contributed by atoms with van der Waals surface area (Å²) in [6, 6.07) is 13.3. The van der Waals surface area contributed by atoms with Gasteiger partial charge in [0.1, 0.15) is 5.76 Å². The number of hydrogen-bond donors (Lipinski definition) is 1. The third kappa shape index (κ3) is 3.83. The minimum atomic E-state index is -0.711. The molecule has 0 bridgehead atoms. The van der Waals surface area contributed by atoms with Gasteiger partial charge in [-0.1, -0.05) is 50.2 Å². The van der Waals surface area contributed by atoms with Gasteiger partial charge in [0.15, 0.2) is 11.5 Å². The maximum atomic E-state index is 12.9. The van der Waals surface area contributed by atoms with Gasteiger partial charge in [0.25, 0.3) is 11.7 Å². The van der Waals surface area contributed by atoms with E-state index in [4.69, 9.17) is 9.47 Å². The molecule has 0 unspecified atom stereocenters. The summed E-state index contributed by atoms with van der Waals surface area (Å²) in [7, 11) is 3.06. The molecule has 29 heavy (non-hydrogen) atoms. The topological polar surface area (TPSA) is 76.1 Å². The molecular weight excluding hydrogens is 370 g/mol. The highest BCUT2D eigenvalue weighted by molar-refractivity contribution is 6.46. The van der Waals surface area contributed by atoms with E-state index in [1.807, 2.05) is 19.9 Å². The SMILES string of the molecule is COc1ccc([C@H]2C(=C(O)c3ccccc3)C(=O)C(=O)N2CC(C)C)cc1OC. The molecule has 2 aromatic carbocycles. The number of aliphatic hydroxyl groups excluding tert-OH is 1. The molecule has 1 heterocycles. The van der Waals surface area contributed by atoms with Crippen molar-refractivity contribution < 1.29 is 24.2 Å². The Morgan fingerprint density at radius 1 is 1.03 bits per heavy atom. The van der Waals surface area contributed by atoms with Crippen molar-refractivity contribution in [1.82, 2.24) is 4.90 Å². The standard InChI is InChI=1S/C23H25NO5/c1-14(2)13-24-20(16-10-11-17(28-3)18(12-16)29-4)19(22(26)23(24)27)21(25)15-8-6-5-7-9-15/h5-12,14,20,25H,13H2,1-4H3/t20-/m0/s1. The maximum Gasteiger partial charge on any atom is 0.295 e. The van der Waals surface area contributed by atoms with E-state index in [-0.39, 0.29) is 17.3 Å². The van der Waals surface area contributed by atoms with Crippen LogP contribution in [0.2, 0.25) is 0 Å². The lowest BCUT2D eigenvalue weighted by Gasteiger charge is -2.27. The number of hydrogen-bond acceptors (Lipinski definition) is 5. The fourth-order valence-corrected chi connectivity index (χ4v) is 3.58. The molecule has 6 nitrogen and oxygen atoms in total. The van der Waals surface area contributed by atoms with Crippen LogP contribution in [-0.2, 0) is 9.59 Å². The number of carbonyl (C=O) groups excluding carboxylic acids is 2. The van der Waals surface area contributed by atoms with E-state index in [1.54, 1.807) is 42.5 Å². The first kappa shape index (κ1) is 20.5. The molecule has 0 aromatic heterocycles. The average molecular weight is 395 g/mol. The molecule has 1 amide bonds. The molecular formula is C23H25NO5. The van der Waals surface area contributed by atoms with Crippen LogP contribution < -0.4 is 9.47 Å². The Morgan fingerprint density at radius 2 is 1.69 bits per heavy atom. The third-order valence-corrected chi connectivity index (χ3v) is 4.87. The van der Waals surface area contributed by atoms with E-state index in [2.05, 4.69) is 0 Å².